The van der Waals surface area contributed by atoms with E-state index in [0.29, 0.717) is 0 Å². The van der Waals surface area contributed by atoms with Crippen molar-refractivity contribution in [3.63, 3.8) is 0 Å². The molecule has 0 radical (unpaired) electrons. The molecule has 0 saturated carbocycles. The Hall–Kier alpha value is -1.99. The first kappa shape index (κ1) is 15.4. The third kappa shape index (κ3) is 3.37. The molecule has 0 aliphatic carbocycles. The number of halogens is 1. The molecule has 2 rings (SSSR count). The number of sulfonamides is 1. The summed E-state index contributed by atoms with van der Waals surface area (Å²) in [6.45, 7) is 2.07. The SMILES string of the molecule is CCN(Cc1ccncc1)S(=O)(=O)c1cc(N)ccc1F. The summed E-state index contributed by atoms with van der Waals surface area (Å²) in [5.41, 5.74) is 6.54. The number of nitrogens with two attached hydrogens (primary N) is 1. The number of nitrogens with zero attached hydrogens (tertiary/aromatic N) is 2. The van der Waals surface area contributed by atoms with Crippen LogP contribution in [0.2, 0.25) is 0 Å². The second kappa shape index (κ2) is 6.19. The van der Waals surface area contributed by atoms with E-state index in [2.05, 4.69) is 4.98 Å². The topological polar surface area (TPSA) is 76.3 Å². The monoisotopic (exact) mass is 309 g/mol. The third-order valence-electron chi connectivity index (χ3n) is 3.03. The lowest BCUT2D eigenvalue weighted by Crippen LogP contribution is -2.31. The highest BCUT2D eigenvalue weighted by Gasteiger charge is 2.26. The van der Waals surface area contributed by atoms with Gasteiger partial charge in [0, 0.05) is 31.2 Å². The molecule has 0 bridgehead atoms. The summed E-state index contributed by atoms with van der Waals surface area (Å²) in [7, 11) is -3.94. The Kier molecular flexibility index (Phi) is 4.54. The van der Waals surface area contributed by atoms with Crippen molar-refractivity contribution in [1.29, 1.82) is 0 Å². The van der Waals surface area contributed by atoms with E-state index in [1.54, 1.807) is 31.5 Å². The minimum Gasteiger partial charge on any atom is -0.399 e. The van der Waals surface area contributed by atoms with Gasteiger partial charge in [0.05, 0.1) is 0 Å². The van der Waals surface area contributed by atoms with E-state index in [4.69, 9.17) is 5.73 Å². The summed E-state index contributed by atoms with van der Waals surface area (Å²) in [5, 5.41) is 0. The van der Waals surface area contributed by atoms with Gasteiger partial charge in [0.15, 0.2) is 0 Å². The minimum atomic E-state index is -3.94. The highest BCUT2D eigenvalue weighted by Crippen LogP contribution is 2.23. The Morgan fingerprint density at radius 2 is 1.90 bits per heavy atom. The van der Waals surface area contributed by atoms with Crippen LogP contribution in [0.3, 0.4) is 0 Å². The molecule has 2 N–H and O–H groups in total. The third-order valence-corrected chi connectivity index (χ3v) is 4.97. The quantitative estimate of drug-likeness (QED) is 0.857. The molecule has 1 aromatic carbocycles. The fourth-order valence-electron chi connectivity index (χ4n) is 1.92. The van der Waals surface area contributed by atoms with Crippen molar-refractivity contribution in [2.75, 3.05) is 12.3 Å². The lowest BCUT2D eigenvalue weighted by molar-refractivity contribution is 0.419. The maximum Gasteiger partial charge on any atom is 0.246 e. The van der Waals surface area contributed by atoms with Gasteiger partial charge in [0.25, 0.3) is 0 Å². The molecular formula is C14H16FN3O2S. The van der Waals surface area contributed by atoms with Crippen molar-refractivity contribution in [2.24, 2.45) is 0 Å². The highest BCUT2D eigenvalue weighted by atomic mass is 32.2. The van der Waals surface area contributed by atoms with Gasteiger partial charge in [-0.3, -0.25) is 4.98 Å². The van der Waals surface area contributed by atoms with Crippen LogP contribution in [-0.2, 0) is 16.6 Å². The summed E-state index contributed by atoms with van der Waals surface area (Å²) >= 11 is 0. The number of nitrogen functional groups attached to an aromatic ring is 1. The van der Waals surface area contributed by atoms with Crippen LogP contribution in [0.15, 0.2) is 47.6 Å². The molecule has 1 aromatic heterocycles. The molecule has 2 aromatic rings. The lowest BCUT2D eigenvalue weighted by atomic mass is 10.3. The second-order valence-corrected chi connectivity index (χ2v) is 6.38. The van der Waals surface area contributed by atoms with Crippen LogP contribution in [0.25, 0.3) is 0 Å². The van der Waals surface area contributed by atoms with Crippen molar-refractivity contribution >= 4 is 15.7 Å². The Morgan fingerprint density at radius 3 is 2.52 bits per heavy atom. The number of aromatic nitrogens is 1. The van der Waals surface area contributed by atoms with Gasteiger partial charge in [0.1, 0.15) is 10.7 Å². The van der Waals surface area contributed by atoms with Gasteiger partial charge >= 0.3 is 0 Å². The fraction of sp³-hybridized carbons (Fsp3) is 0.214. The molecule has 0 aliphatic rings. The van der Waals surface area contributed by atoms with Crippen molar-refractivity contribution in [3.05, 3.63) is 54.1 Å². The summed E-state index contributed by atoms with van der Waals surface area (Å²) in [6.07, 6.45) is 3.16. The molecule has 1 heterocycles. The molecule has 0 saturated heterocycles. The molecule has 7 heteroatoms. The van der Waals surface area contributed by atoms with Crippen LogP contribution >= 0.6 is 0 Å². The predicted molar refractivity (Wildman–Crippen MR) is 78.3 cm³/mol. The number of hydrogen-bond donors (Lipinski definition) is 1. The normalized spacial score (nSPS) is 11.8. The largest absolute Gasteiger partial charge is 0.399 e. The average molecular weight is 309 g/mol. The van der Waals surface area contributed by atoms with Gasteiger partial charge in [-0.25, -0.2) is 12.8 Å². The molecule has 0 unspecified atom stereocenters. The van der Waals surface area contributed by atoms with E-state index >= 15 is 0 Å². The van der Waals surface area contributed by atoms with Crippen LogP contribution in [-0.4, -0.2) is 24.3 Å². The Labute approximate surface area is 123 Å². The number of rotatable bonds is 5. The number of pyridine rings is 1. The Balaban J connectivity index is 2.38. The predicted octanol–water partition coefficient (Wildman–Crippen LogP) is 2.01. The lowest BCUT2D eigenvalue weighted by Gasteiger charge is -2.21. The molecule has 0 spiro atoms. The van der Waals surface area contributed by atoms with E-state index in [-0.39, 0.29) is 18.8 Å². The van der Waals surface area contributed by atoms with Gasteiger partial charge in [-0.05, 0) is 35.9 Å². The van der Waals surface area contributed by atoms with Crippen LogP contribution < -0.4 is 5.73 Å². The van der Waals surface area contributed by atoms with Crippen LogP contribution in [0.1, 0.15) is 12.5 Å². The number of hydrogen-bond acceptors (Lipinski definition) is 4. The molecule has 0 fully saturated rings. The molecule has 0 amide bonds. The summed E-state index contributed by atoms with van der Waals surface area (Å²) < 4.78 is 40.1. The smallest absolute Gasteiger partial charge is 0.246 e. The van der Waals surface area contributed by atoms with Crippen molar-refractivity contribution in [2.45, 2.75) is 18.4 Å². The van der Waals surface area contributed by atoms with E-state index in [1.807, 2.05) is 0 Å². The summed E-state index contributed by atoms with van der Waals surface area (Å²) in [5.74, 6) is -0.808. The first-order chi connectivity index (χ1) is 9.95. The Morgan fingerprint density at radius 1 is 1.24 bits per heavy atom. The maximum atomic E-state index is 13.8. The molecule has 0 aliphatic heterocycles. The van der Waals surface area contributed by atoms with E-state index in [0.717, 1.165) is 17.7 Å². The van der Waals surface area contributed by atoms with E-state index < -0.39 is 20.7 Å². The minimum absolute atomic E-state index is 0.148. The van der Waals surface area contributed by atoms with Gasteiger partial charge in [-0.1, -0.05) is 6.92 Å². The van der Waals surface area contributed by atoms with Gasteiger partial charge in [0.2, 0.25) is 10.0 Å². The zero-order valence-electron chi connectivity index (χ0n) is 11.5. The van der Waals surface area contributed by atoms with Gasteiger partial charge in [-0.15, -0.1) is 0 Å². The first-order valence-corrected chi connectivity index (χ1v) is 7.83. The van der Waals surface area contributed by atoms with Crippen LogP contribution in [0.4, 0.5) is 10.1 Å². The maximum absolute atomic E-state index is 13.8. The molecular weight excluding hydrogens is 293 g/mol. The summed E-state index contributed by atoms with van der Waals surface area (Å²) in [6, 6.07) is 6.96. The van der Waals surface area contributed by atoms with E-state index in [1.165, 1.54) is 10.4 Å². The highest BCUT2D eigenvalue weighted by molar-refractivity contribution is 7.89. The van der Waals surface area contributed by atoms with Crippen LogP contribution in [0, 0.1) is 5.82 Å². The zero-order chi connectivity index (χ0) is 15.5. The first-order valence-electron chi connectivity index (χ1n) is 6.39. The summed E-state index contributed by atoms with van der Waals surface area (Å²) in [4.78, 5) is 3.48. The average Bonchev–Trinajstić information content (AvgIpc) is 2.48. The van der Waals surface area contributed by atoms with Crippen LogP contribution in [0.5, 0.6) is 0 Å². The van der Waals surface area contributed by atoms with Crippen molar-refractivity contribution < 1.29 is 12.8 Å². The molecule has 5 nitrogen and oxygen atoms in total. The fourth-order valence-corrected chi connectivity index (χ4v) is 3.45. The van der Waals surface area contributed by atoms with Gasteiger partial charge in [-0.2, -0.15) is 4.31 Å². The molecule has 0 atom stereocenters. The van der Waals surface area contributed by atoms with Crippen molar-refractivity contribution in [1.82, 2.24) is 9.29 Å². The molecule has 21 heavy (non-hydrogen) atoms. The van der Waals surface area contributed by atoms with Gasteiger partial charge < -0.3 is 5.73 Å². The second-order valence-electron chi connectivity index (χ2n) is 4.48. The zero-order valence-corrected chi connectivity index (χ0v) is 12.3. The van der Waals surface area contributed by atoms with Crippen molar-refractivity contribution in [3.8, 4) is 0 Å². The number of benzene rings is 1. The van der Waals surface area contributed by atoms with E-state index in [9.17, 15) is 12.8 Å². The molecule has 112 valence electrons. The Bertz CT molecular complexity index is 720. The standard InChI is InChI=1S/C14H16FN3O2S/c1-2-18(10-11-5-7-17-8-6-11)21(19,20)14-9-12(16)3-4-13(14)15/h3-9H,2,10,16H2,1H3. The number of anilines is 1.